The molecule has 0 spiro atoms. The Balaban J connectivity index is 2.03. The summed E-state index contributed by atoms with van der Waals surface area (Å²) in [5.74, 6) is 0.0296. The van der Waals surface area contributed by atoms with Gasteiger partial charge in [-0.15, -0.1) is 0 Å². The van der Waals surface area contributed by atoms with Crippen molar-refractivity contribution in [1.82, 2.24) is 5.32 Å². The monoisotopic (exact) mass is 573 g/mol. The molecule has 1 N–H and O–H groups in total. The number of thiocarbonyl (C=S) groups is 1. The van der Waals surface area contributed by atoms with Crippen molar-refractivity contribution in [3.8, 4) is 17.2 Å². The second-order valence-corrected chi connectivity index (χ2v) is 8.76. The standard InChI is InChI=1S/C18H12IN3O7S2/c1-2-28-14-6-9(7-15-17(23)20-18(30)31-15)5-11(19)16(14)29-13-4-3-10(21(24)25)8-12(13)22(26)27/h3-8H,2H2,1H3,(H,20,23,30)/b15-7-. The van der Waals surface area contributed by atoms with Crippen LogP contribution in [0.5, 0.6) is 17.2 Å². The van der Waals surface area contributed by atoms with Gasteiger partial charge in [0.25, 0.3) is 11.6 Å². The number of carbonyl (C=O) groups excluding carboxylic acids is 1. The van der Waals surface area contributed by atoms with E-state index in [1.165, 1.54) is 6.07 Å². The molecule has 2 aromatic rings. The number of non-ortho nitro benzene ring substituents is 1. The summed E-state index contributed by atoms with van der Waals surface area (Å²) in [5.41, 5.74) is -0.335. The third-order valence-corrected chi connectivity index (χ3v) is 5.80. The first-order chi connectivity index (χ1) is 14.7. The van der Waals surface area contributed by atoms with E-state index in [4.69, 9.17) is 21.7 Å². The molecule has 0 unspecified atom stereocenters. The van der Waals surface area contributed by atoms with Crippen LogP contribution in [0.3, 0.4) is 0 Å². The molecule has 0 atom stereocenters. The lowest BCUT2D eigenvalue weighted by Gasteiger charge is -2.14. The highest BCUT2D eigenvalue weighted by molar-refractivity contribution is 14.1. The Bertz CT molecular complexity index is 1150. The van der Waals surface area contributed by atoms with Crippen LogP contribution in [0.2, 0.25) is 0 Å². The molecule has 10 nitrogen and oxygen atoms in total. The minimum absolute atomic E-state index is 0.170. The molecule has 1 amide bonds. The van der Waals surface area contributed by atoms with Crippen molar-refractivity contribution in [3.05, 3.63) is 64.6 Å². The molecule has 1 fully saturated rings. The minimum atomic E-state index is -0.757. The van der Waals surface area contributed by atoms with Gasteiger partial charge in [0.1, 0.15) is 4.32 Å². The van der Waals surface area contributed by atoms with Gasteiger partial charge in [-0.25, -0.2) is 0 Å². The van der Waals surface area contributed by atoms with Gasteiger partial charge in [-0.3, -0.25) is 25.0 Å². The number of nitrogens with one attached hydrogen (secondary N) is 1. The Morgan fingerprint density at radius 2 is 1.94 bits per heavy atom. The molecule has 13 heteroatoms. The molecule has 0 saturated carbocycles. The summed E-state index contributed by atoms with van der Waals surface area (Å²) < 4.78 is 12.3. The molecule has 0 radical (unpaired) electrons. The Hall–Kier alpha value is -2.78. The summed E-state index contributed by atoms with van der Waals surface area (Å²) in [6.45, 7) is 2.04. The number of hydrogen-bond acceptors (Lipinski definition) is 9. The quantitative estimate of drug-likeness (QED) is 0.163. The highest BCUT2D eigenvalue weighted by Crippen LogP contribution is 2.42. The molecular weight excluding hydrogens is 561 g/mol. The number of benzene rings is 2. The summed E-state index contributed by atoms with van der Waals surface area (Å²) in [6, 6.07) is 6.45. The molecule has 0 aromatic heterocycles. The smallest absolute Gasteiger partial charge is 0.318 e. The van der Waals surface area contributed by atoms with Gasteiger partial charge in [0.2, 0.25) is 5.75 Å². The Kier molecular flexibility index (Phi) is 7.07. The molecule has 0 aliphatic carbocycles. The zero-order valence-electron chi connectivity index (χ0n) is 15.6. The zero-order valence-corrected chi connectivity index (χ0v) is 19.4. The lowest BCUT2D eigenvalue weighted by atomic mass is 10.1. The minimum Gasteiger partial charge on any atom is -0.490 e. The summed E-state index contributed by atoms with van der Waals surface area (Å²) in [4.78, 5) is 33.2. The third-order valence-electron chi connectivity index (χ3n) is 3.83. The Morgan fingerprint density at radius 1 is 1.19 bits per heavy atom. The van der Waals surface area contributed by atoms with Crippen LogP contribution in [-0.4, -0.2) is 26.7 Å². The van der Waals surface area contributed by atoms with Crippen molar-refractivity contribution in [1.29, 1.82) is 0 Å². The molecule has 1 aliphatic heterocycles. The largest absolute Gasteiger partial charge is 0.490 e. The maximum absolute atomic E-state index is 11.9. The summed E-state index contributed by atoms with van der Waals surface area (Å²) in [6.07, 6.45) is 1.64. The molecule has 1 heterocycles. The van der Waals surface area contributed by atoms with Crippen LogP contribution in [-0.2, 0) is 4.79 Å². The lowest BCUT2D eigenvalue weighted by molar-refractivity contribution is -0.394. The second kappa shape index (κ2) is 9.57. The topological polar surface area (TPSA) is 134 Å². The van der Waals surface area contributed by atoms with Crippen molar-refractivity contribution in [2.24, 2.45) is 0 Å². The average molecular weight is 573 g/mol. The number of amides is 1. The number of halogens is 1. The van der Waals surface area contributed by atoms with E-state index < -0.39 is 21.2 Å². The maximum Gasteiger partial charge on any atom is 0.318 e. The van der Waals surface area contributed by atoms with Gasteiger partial charge in [-0.2, -0.15) is 0 Å². The fraction of sp³-hybridized carbons (Fsp3) is 0.111. The van der Waals surface area contributed by atoms with Gasteiger partial charge < -0.3 is 14.8 Å². The molecule has 31 heavy (non-hydrogen) atoms. The number of rotatable bonds is 7. The predicted octanol–water partition coefficient (Wildman–Crippen LogP) is 4.79. The molecule has 1 aliphatic rings. The average Bonchev–Trinajstić information content (AvgIpc) is 3.01. The summed E-state index contributed by atoms with van der Waals surface area (Å²) in [5, 5.41) is 24.9. The number of nitro groups is 2. The number of hydrogen-bond donors (Lipinski definition) is 1. The van der Waals surface area contributed by atoms with Gasteiger partial charge in [0.05, 0.1) is 31.0 Å². The first-order valence-electron chi connectivity index (χ1n) is 8.51. The van der Waals surface area contributed by atoms with Gasteiger partial charge in [-0.05, 0) is 59.4 Å². The van der Waals surface area contributed by atoms with Crippen LogP contribution < -0.4 is 14.8 Å². The Labute approximate surface area is 198 Å². The van der Waals surface area contributed by atoms with Crippen molar-refractivity contribution in [2.45, 2.75) is 6.92 Å². The number of thioether (sulfide) groups is 1. The predicted molar refractivity (Wildman–Crippen MR) is 126 cm³/mol. The SMILES string of the molecule is CCOc1cc(/C=C2\SC(=S)NC2=O)cc(I)c1Oc1ccc([N+](=O)[O-])cc1[N+](=O)[O-]. The van der Waals surface area contributed by atoms with Crippen molar-refractivity contribution in [2.75, 3.05) is 6.61 Å². The van der Waals surface area contributed by atoms with Crippen LogP contribution in [0.4, 0.5) is 11.4 Å². The number of carbonyl (C=O) groups is 1. The van der Waals surface area contributed by atoms with Gasteiger partial charge in [0.15, 0.2) is 11.5 Å². The molecule has 1 saturated heterocycles. The van der Waals surface area contributed by atoms with Gasteiger partial charge >= 0.3 is 5.69 Å². The van der Waals surface area contributed by atoms with Crippen LogP contribution in [0.15, 0.2) is 35.2 Å². The summed E-state index contributed by atoms with van der Waals surface area (Å²) in [7, 11) is 0. The van der Waals surface area contributed by atoms with E-state index in [1.807, 2.05) is 22.6 Å². The Morgan fingerprint density at radius 3 is 2.52 bits per heavy atom. The fourth-order valence-electron chi connectivity index (χ4n) is 2.56. The van der Waals surface area contributed by atoms with E-state index in [2.05, 4.69) is 5.32 Å². The molecule has 2 aromatic carbocycles. The fourth-order valence-corrected chi connectivity index (χ4v) is 4.34. The van der Waals surface area contributed by atoms with Gasteiger partial charge in [0, 0.05) is 6.07 Å². The second-order valence-electron chi connectivity index (χ2n) is 5.88. The maximum atomic E-state index is 11.9. The van der Waals surface area contributed by atoms with Crippen LogP contribution in [0.25, 0.3) is 6.08 Å². The molecule has 0 bridgehead atoms. The van der Waals surface area contributed by atoms with Crippen molar-refractivity contribution in [3.63, 3.8) is 0 Å². The van der Waals surface area contributed by atoms with Crippen molar-refractivity contribution >= 4 is 74.2 Å². The van der Waals surface area contributed by atoms with E-state index >= 15 is 0 Å². The number of ether oxygens (including phenoxy) is 2. The molecular formula is C18H12IN3O7S2. The van der Waals surface area contributed by atoms with E-state index in [1.54, 1.807) is 25.1 Å². The first-order valence-corrected chi connectivity index (χ1v) is 10.8. The van der Waals surface area contributed by atoms with E-state index in [-0.39, 0.29) is 24.0 Å². The van der Waals surface area contributed by atoms with Gasteiger partial charge in [-0.1, -0.05) is 24.0 Å². The highest BCUT2D eigenvalue weighted by atomic mass is 127. The van der Waals surface area contributed by atoms with Crippen LogP contribution in [0.1, 0.15) is 12.5 Å². The van der Waals surface area contributed by atoms with Crippen LogP contribution in [0, 0.1) is 23.8 Å². The first kappa shape index (κ1) is 22.9. The zero-order chi connectivity index (χ0) is 22.7. The number of nitrogens with zero attached hydrogens (tertiary/aromatic N) is 2. The normalized spacial score (nSPS) is 14.5. The van der Waals surface area contributed by atoms with Crippen LogP contribution >= 0.6 is 46.6 Å². The molecule has 160 valence electrons. The molecule has 3 rings (SSSR count). The van der Waals surface area contributed by atoms with E-state index in [0.717, 1.165) is 23.9 Å². The summed E-state index contributed by atoms with van der Waals surface area (Å²) >= 11 is 8.09. The number of nitro benzene ring substituents is 2. The van der Waals surface area contributed by atoms with Crippen molar-refractivity contribution < 1.29 is 24.1 Å². The van der Waals surface area contributed by atoms with E-state index in [0.29, 0.717) is 24.1 Å². The highest BCUT2D eigenvalue weighted by Gasteiger charge is 2.25. The van der Waals surface area contributed by atoms with E-state index in [9.17, 15) is 25.0 Å². The lowest BCUT2D eigenvalue weighted by Crippen LogP contribution is -2.17. The third kappa shape index (κ3) is 5.29.